The van der Waals surface area contributed by atoms with E-state index in [2.05, 4.69) is 28.4 Å². The van der Waals surface area contributed by atoms with Gasteiger partial charge in [0.25, 0.3) is 0 Å². The summed E-state index contributed by atoms with van der Waals surface area (Å²) in [5.74, 6) is 2.32. The van der Waals surface area contributed by atoms with E-state index in [0.717, 1.165) is 25.9 Å². The van der Waals surface area contributed by atoms with E-state index in [0.29, 0.717) is 17.8 Å². The minimum absolute atomic E-state index is 0.0697. The summed E-state index contributed by atoms with van der Waals surface area (Å²) in [5, 5.41) is 2.86. The Labute approximate surface area is 166 Å². The molecule has 1 heterocycles. The molecule has 28 heavy (non-hydrogen) atoms. The van der Waals surface area contributed by atoms with Crippen molar-refractivity contribution in [1.82, 2.24) is 10.2 Å². The number of ether oxygens (including phenoxy) is 1. The number of nitrogens with one attached hydrogen (secondary N) is 1. The molecule has 2 saturated carbocycles. The van der Waals surface area contributed by atoms with Crippen LogP contribution in [0.1, 0.15) is 55.7 Å². The molecule has 3 aliphatic carbocycles. The van der Waals surface area contributed by atoms with Crippen LogP contribution in [0.3, 0.4) is 0 Å². The van der Waals surface area contributed by atoms with Gasteiger partial charge in [-0.05, 0) is 80.4 Å². The first kappa shape index (κ1) is 18.0. The second-order valence-electron chi connectivity index (χ2n) is 9.44. The van der Waals surface area contributed by atoms with Gasteiger partial charge in [-0.15, -0.1) is 0 Å². The molecular weight excluding hydrogens is 352 g/mol. The third kappa shape index (κ3) is 3.19. The Hall–Kier alpha value is -2.04. The molecule has 1 aromatic rings. The zero-order valence-corrected chi connectivity index (χ0v) is 16.8. The number of carbonyl (C=O) groups is 2. The second kappa shape index (κ2) is 6.78. The third-order valence-corrected chi connectivity index (χ3v) is 7.17. The van der Waals surface area contributed by atoms with E-state index in [-0.39, 0.29) is 30.1 Å². The Morgan fingerprint density at radius 2 is 1.82 bits per heavy atom. The minimum atomic E-state index is -0.370. The molecule has 1 N–H and O–H groups in total. The highest BCUT2D eigenvalue weighted by Gasteiger charge is 2.58. The Balaban J connectivity index is 1.09. The van der Waals surface area contributed by atoms with Crippen LogP contribution in [0.25, 0.3) is 0 Å². The van der Waals surface area contributed by atoms with E-state index in [1.54, 1.807) is 5.56 Å². The van der Waals surface area contributed by atoms with Gasteiger partial charge in [-0.25, -0.2) is 4.79 Å². The van der Waals surface area contributed by atoms with E-state index < -0.39 is 0 Å². The van der Waals surface area contributed by atoms with Crippen LogP contribution in [-0.4, -0.2) is 42.1 Å². The number of alkyl carbamates (subject to hydrolysis) is 1. The maximum absolute atomic E-state index is 12.8. The third-order valence-electron chi connectivity index (χ3n) is 7.17. The topological polar surface area (TPSA) is 58.6 Å². The Bertz CT molecular complexity index is 787. The first-order chi connectivity index (χ1) is 13.5. The predicted molar refractivity (Wildman–Crippen MR) is 106 cm³/mol. The number of amides is 2. The standard InChI is InChI=1S/C23H30N2O3/c1-13(2)28-23(27)24-18-9-17(10-18)22(26)25-11-19-20(12-25)21(19)16-7-6-14-4-3-5-15(14)8-16/h6-8,13,17-21H,3-5,9-12H2,1-2H3,(H,24,27)/t17?,18?,19-,20+,21?. The monoisotopic (exact) mass is 382 g/mol. The average Bonchev–Trinajstić information content (AvgIpc) is 2.99. The van der Waals surface area contributed by atoms with E-state index in [9.17, 15) is 9.59 Å². The lowest BCUT2D eigenvalue weighted by Gasteiger charge is -2.37. The lowest BCUT2D eigenvalue weighted by molar-refractivity contribution is -0.138. The maximum Gasteiger partial charge on any atom is 0.407 e. The number of hydrogen-bond acceptors (Lipinski definition) is 3. The van der Waals surface area contributed by atoms with Gasteiger partial charge in [0.05, 0.1) is 6.10 Å². The lowest BCUT2D eigenvalue weighted by atomic mass is 9.79. The van der Waals surface area contributed by atoms with Crippen molar-refractivity contribution in [1.29, 1.82) is 0 Å². The van der Waals surface area contributed by atoms with Crippen molar-refractivity contribution in [3.63, 3.8) is 0 Å². The Morgan fingerprint density at radius 1 is 1.11 bits per heavy atom. The largest absolute Gasteiger partial charge is 0.447 e. The fourth-order valence-corrected chi connectivity index (χ4v) is 5.61. The second-order valence-corrected chi connectivity index (χ2v) is 9.44. The van der Waals surface area contributed by atoms with Crippen LogP contribution in [0.4, 0.5) is 4.79 Å². The van der Waals surface area contributed by atoms with Crippen molar-refractivity contribution in [3.05, 3.63) is 34.9 Å². The molecule has 3 fully saturated rings. The smallest absolute Gasteiger partial charge is 0.407 e. The Kier molecular flexibility index (Phi) is 4.37. The van der Waals surface area contributed by atoms with Gasteiger partial charge in [0.15, 0.2) is 0 Å². The van der Waals surface area contributed by atoms with E-state index in [4.69, 9.17) is 4.74 Å². The van der Waals surface area contributed by atoms with Crippen molar-refractivity contribution in [3.8, 4) is 0 Å². The molecule has 1 aromatic carbocycles. The van der Waals surface area contributed by atoms with Crippen LogP contribution >= 0.6 is 0 Å². The summed E-state index contributed by atoms with van der Waals surface area (Å²) in [4.78, 5) is 26.5. The summed E-state index contributed by atoms with van der Waals surface area (Å²) >= 11 is 0. The first-order valence-electron chi connectivity index (χ1n) is 10.9. The minimum Gasteiger partial charge on any atom is -0.447 e. The van der Waals surface area contributed by atoms with Crippen LogP contribution in [0.15, 0.2) is 18.2 Å². The molecule has 0 aromatic heterocycles. The molecule has 2 amide bonds. The van der Waals surface area contributed by atoms with Crippen molar-refractivity contribution in [2.24, 2.45) is 17.8 Å². The molecular formula is C23H30N2O3. The number of nitrogens with zero attached hydrogens (tertiary/aromatic N) is 1. The molecule has 5 nitrogen and oxygen atoms in total. The summed E-state index contributed by atoms with van der Waals surface area (Å²) in [7, 11) is 0. The van der Waals surface area contributed by atoms with Gasteiger partial charge in [0.2, 0.25) is 5.91 Å². The SMILES string of the molecule is CC(C)OC(=O)NC1CC(C(=O)N2C[C@@H]3C(c4ccc5c(c4)CCC5)[C@@H]3C2)C1. The van der Waals surface area contributed by atoms with E-state index in [1.165, 1.54) is 30.4 Å². The van der Waals surface area contributed by atoms with Gasteiger partial charge in [-0.1, -0.05) is 18.2 Å². The number of rotatable bonds is 4. The molecule has 1 saturated heterocycles. The summed E-state index contributed by atoms with van der Waals surface area (Å²) in [6, 6.07) is 7.19. The van der Waals surface area contributed by atoms with Crippen molar-refractivity contribution in [2.75, 3.05) is 13.1 Å². The molecule has 5 heteroatoms. The van der Waals surface area contributed by atoms with E-state index >= 15 is 0 Å². The molecule has 3 atom stereocenters. The Morgan fingerprint density at radius 3 is 2.54 bits per heavy atom. The van der Waals surface area contributed by atoms with Crippen molar-refractivity contribution < 1.29 is 14.3 Å². The van der Waals surface area contributed by atoms with Crippen LogP contribution < -0.4 is 5.32 Å². The number of fused-ring (bicyclic) bond motifs is 2. The van der Waals surface area contributed by atoms with Crippen molar-refractivity contribution >= 4 is 12.0 Å². The zero-order chi connectivity index (χ0) is 19.4. The fourth-order valence-electron chi connectivity index (χ4n) is 5.61. The molecule has 150 valence electrons. The molecule has 1 aliphatic heterocycles. The molecule has 0 bridgehead atoms. The number of aryl methyl sites for hydroxylation is 2. The highest BCUT2D eigenvalue weighted by molar-refractivity contribution is 5.81. The molecule has 0 spiro atoms. The van der Waals surface area contributed by atoms with E-state index in [1.807, 2.05) is 13.8 Å². The summed E-state index contributed by atoms with van der Waals surface area (Å²) in [6.45, 7) is 5.49. The average molecular weight is 383 g/mol. The summed E-state index contributed by atoms with van der Waals surface area (Å²) < 4.78 is 5.11. The fraction of sp³-hybridized carbons (Fsp3) is 0.652. The van der Waals surface area contributed by atoms with Gasteiger partial charge < -0.3 is 15.0 Å². The number of benzene rings is 1. The first-order valence-corrected chi connectivity index (χ1v) is 10.9. The molecule has 4 aliphatic rings. The number of piperidine rings is 1. The van der Waals surface area contributed by atoms with Crippen LogP contribution in [0, 0.1) is 17.8 Å². The van der Waals surface area contributed by atoms with Gasteiger partial charge >= 0.3 is 6.09 Å². The normalized spacial score (nSPS) is 32.5. The molecule has 5 rings (SSSR count). The van der Waals surface area contributed by atoms with Crippen LogP contribution in [-0.2, 0) is 22.4 Å². The molecule has 0 radical (unpaired) electrons. The van der Waals surface area contributed by atoms with Crippen LogP contribution in [0.5, 0.6) is 0 Å². The van der Waals surface area contributed by atoms with Gasteiger partial charge in [-0.3, -0.25) is 4.79 Å². The van der Waals surface area contributed by atoms with Crippen molar-refractivity contribution in [2.45, 2.75) is 64.0 Å². The van der Waals surface area contributed by atoms with Gasteiger partial charge in [-0.2, -0.15) is 0 Å². The predicted octanol–water partition coefficient (Wildman–Crippen LogP) is 3.26. The number of carbonyl (C=O) groups excluding carboxylic acids is 2. The van der Waals surface area contributed by atoms with Gasteiger partial charge in [0, 0.05) is 25.0 Å². The summed E-state index contributed by atoms with van der Waals surface area (Å²) in [6.07, 6.45) is 4.76. The van der Waals surface area contributed by atoms with Gasteiger partial charge in [0.1, 0.15) is 0 Å². The van der Waals surface area contributed by atoms with Crippen LogP contribution in [0.2, 0.25) is 0 Å². The highest BCUT2D eigenvalue weighted by atomic mass is 16.6. The molecule has 1 unspecified atom stereocenters. The highest BCUT2D eigenvalue weighted by Crippen LogP contribution is 2.58. The number of likely N-dealkylation sites (tertiary alicyclic amines) is 1. The quantitative estimate of drug-likeness (QED) is 0.870. The number of hydrogen-bond donors (Lipinski definition) is 1. The lowest BCUT2D eigenvalue weighted by Crippen LogP contribution is -2.50. The zero-order valence-electron chi connectivity index (χ0n) is 16.8. The maximum atomic E-state index is 12.8. The summed E-state index contributed by atoms with van der Waals surface area (Å²) in [5.41, 5.74) is 4.59.